The second-order valence-electron chi connectivity index (χ2n) is 2.85. The zero-order chi connectivity index (χ0) is 9.10. The molecule has 2 nitrogen and oxygen atoms in total. The maximum absolute atomic E-state index is 4.38. The topological polar surface area (TPSA) is 17.8 Å². The Labute approximate surface area is 97.3 Å². The van der Waals surface area contributed by atoms with Crippen molar-refractivity contribution in [3.05, 3.63) is 48.3 Å². The minimum Gasteiger partial charge on any atom is -0.265 e. The van der Waals surface area contributed by atoms with Gasteiger partial charge < -0.3 is 0 Å². The van der Waals surface area contributed by atoms with Crippen LogP contribution in [0.15, 0.2) is 36.5 Å². The van der Waals surface area contributed by atoms with Gasteiger partial charge >= 0.3 is 0 Å². The molecule has 0 aliphatic rings. The first-order chi connectivity index (χ1) is 6.40. The summed E-state index contributed by atoms with van der Waals surface area (Å²) in [4.78, 5) is 0. The Kier molecular flexibility index (Phi) is 4.05. The fraction of sp³-hybridized carbons (Fsp3) is 0.182. The molecule has 0 atom stereocenters. The molecule has 3 heteroatoms. The zero-order valence-corrected chi connectivity index (χ0v) is 10.3. The maximum atomic E-state index is 4.38. The second-order valence-corrected chi connectivity index (χ2v) is 2.85. The van der Waals surface area contributed by atoms with Crippen LogP contribution in [-0.4, -0.2) is 9.78 Å². The SMILES string of the molecule is CCc1ccn(-c2[c-]cccc2)n1.[Ir]. The van der Waals surface area contributed by atoms with Crippen LogP contribution in [-0.2, 0) is 26.5 Å². The minimum absolute atomic E-state index is 0. The third kappa shape index (κ3) is 2.31. The van der Waals surface area contributed by atoms with Crippen molar-refractivity contribution in [1.29, 1.82) is 0 Å². The van der Waals surface area contributed by atoms with Crippen LogP contribution in [0.3, 0.4) is 0 Å². The molecule has 0 fully saturated rings. The van der Waals surface area contributed by atoms with Crippen LogP contribution in [0.25, 0.3) is 5.69 Å². The van der Waals surface area contributed by atoms with Gasteiger partial charge in [0.15, 0.2) is 0 Å². The molecule has 0 unspecified atom stereocenters. The molecule has 0 saturated carbocycles. The zero-order valence-electron chi connectivity index (χ0n) is 7.90. The minimum atomic E-state index is 0. The van der Waals surface area contributed by atoms with Crippen molar-refractivity contribution in [3.8, 4) is 5.69 Å². The van der Waals surface area contributed by atoms with Crippen molar-refractivity contribution in [3.63, 3.8) is 0 Å². The van der Waals surface area contributed by atoms with Crippen LogP contribution < -0.4 is 0 Å². The quantitative estimate of drug-likeness (QED) is 0.749. The third-order valence-electron chi connectivity index (χ3n) is 1.95. The normalized spacial score (nSPS) is 9.50. The molecular weight excluding hydrogens is 352 g/mol. The van der Waals surface area contributed by atoms with Gasteiger partial charge in [-0.05, 0) is 18.2 Å². The second kappa shape index (κ2) is 5.08. The van der Waals surface area contributed by atoms with Crippen LogP contribution in [0, 0.1) is 6.07 Å². The Hall–Kier alpha value is -0.921. The van der Waals surface area contributed by atoms with Gasteiger partial charge in [0.1, 0.15) is 0 Å². The van der Waals surface area contributed by atoms with Crippen LogP contribution >= 0.6 is 0 Å². The Morgan fingerprint density at radius 2 is 2.21 bits per heavy atom. The monoisotopic (exact) mass is 364 g/mol. The van der Waals surface area contributed by atoms with E-state index in [9.17, 15) is 0 Å². The number of benzene rings is 1. The van der Waals surface area contributed by atoms with Gasteiger partial charge in [-0.3, -0.25) is 4.68 Å². The van der Waals surface area contributed by atoms with Crippen molar-refractivity contribution >= 4 is 0 Å². The van der Waals surface area contributed by atoms with E-state index >= 15 is 0 Å². The first-order valence-electron chi connectivity index (χ1n) is 4.42. The molecule has 1 aromatic heterocycles. The summed E-state index contributed by atoms with van der Waals surface area (Å²) >= 11 is 0. The van der Waals surface area contributed by atoms with E-state index in [4.69, 9.17) is 0 Å². The van der Waals surface area contributed by atoms with E-state index in [1.54, 1.807) is 0 Å². The van der Waals surface area contributed by atoms with Gasteiger partial charge in [0.2, 0.25) is 0 Å². The van der Waals surface area contributed by atoms with Gasteiger partial charge in [-0.1, -0.05) is 6.92 Å². The molecule has 1 heterocycles. The number of nitrogens with zero attached hydrogens (tertiary/aromatic N) is 2. The summed E-state index contributed by atoms with van der Waals surface area (Å²) in [6, 6.07) is 13.0. The molecule has 1 radical (unpaired) electrons. The van der Waals surface area contributed by atoms with Gasteiger partial charge in [0.05, 0.1) is 5.69 Å². The van der Waals surface area contributed by atoms with Crippen molar-refractivity contribution < 1.29 is 20.1 Å². The van der Waals surface area contributed by atoms with E-state index in [-0.39, 0.29) is 20.1 Å². The van der Waals surface area contributed by atoms with Crippen LogP contribution in [0.2, 0.25) is 0 Å². The molecule has 0 spiro atoms. The number of hydrogen-bond donors (Lipinski definition) is 0. The van der Waals surface area contributed by atoms with Crippen molar-refractivity contribution in [2.75, 3.05) is 0 Å². The summed E-state index contributed by atoms with van der Waals surface area (Å²) in [6.45, 7) is 2.10. The number of aryl methyl sites for hydroxylation is 1. The van der Waals surface area contributed by atoms with Gasteiger partial charge in [-0.25, -0.2) is 0 Å². The average molecular weight is 363 g/mol. The molecule has 0 amide bonds. The first-order valence-corrected chi connectivity index (χ1v) is 4.42. The Morgan fingerprint density at radius 1 is 1.36 bits per heavy atom. The average Bonchev–Trinajstić information content (AvgIpc) is 2.67. The largest absolute Gasteiger partial charge is 0.265 e. The number of para-hydroxylation sites is 1. The molecule has 0 aliphatic carbocycles. The summed E-state index contributed by atoms with van der Waals surface area (Å²) in [5.41, 5.74) is 2.10. The smallest absolute Gasteiger partial charge is 0.0625 e. The molecule has 1 aromatic carbocycles. The molecule has 2 rings (SSSR count). The van der Waals surface area contributed by atoms with E-state index in [2.05, 4.69) is 18.1 Å². The van der Waals surface area contributed by atoms with E-state index in [0.29, 0.717) is 0 Å². The van der Waals surface area contributed by atoms with Crippen molar-refractivity contribution in [2.24, 2.45) is 0 Å². The Bertz CT molecular complexity index is 381. The number of hydrogen-bond acceptors (Lipinski definition) is 1. The van der Waals surface area contributed by atoms with Crippen LogP contribution in [0.1, 0.15) is 12.6 Å². The van der Waals surface area contributed by atoms with Gasteiger partial charge in [-0.2, -0.15) is 29.4 Å². The Balaban J connectivity index is 0.000000980. The molecule has 14 heavy (non-hydrogen) atoms. The van der Waals surface area contributed by atoms with Crippen LogP contribution in [0.4, 0.5) is 0 Å². The summed E-state index contributed by atoms with van der Waals surface area (Å²) in [5.74, 6) is 0. The van der Waals surface area contributed by atoms with Gasteiger partial charge in [0, 0.05) is 26.3 Å². The predicted octanol–water partition coefficient (Wildman–Crippen LogP) is 2.23. The fourth-order valence-electron chi connectivity index (χ4n) is 1.21. The van der Waals surface area contributed by atoms with E-state index in [1.807, 2.05) is 41.2 Å². The Morgan fingerprint density at radius 3 is 2.79 bits per heavy atom. The van der Waals surface area contributed by atoms with Crippen LogP contribution in [0.5, 0.6) is 0 Å². The molecule has 0 aliphatic heterocycles. The third-order valence-corrected chi connectivity index (χ3v) is 1.95. The molecule has 0 saturated heterocycles. The van der Waals surface area contributed by atoms with Gasteiger partial charge in [-0.15, -0.1) is 6.07 Å². The fourth-order valence-corrected chi connectivity index (χ4v) is 1.21. The molecule has 2 aromatic rings. The van der Waals surface area contributed by atoms with Gasteiger partial charge in [0.25, 0.3) is 0 Å². The molecule has 75 valence electrons. The number of rotatable bonds is 2. The first kappa shape index (κ1) is 11.2. The van der Waals surface area contributed by atoms with E-state index in [0.717, 1.165) is 17.8 Å². The van der Waals surface area contributed by atoms with Crippen molar-refractivity contribution in [2.45, 2.75) is 13.3 Å². The molecule has 0 N–H and O–H groups in total. The summed E-state index contributed by atoms with van der Waals surface area (Å²) in [7, 11) is 0. The predicted molar refractivity (Wildman–Crippen MR) is 51.8 cm³/mol. The molecule has 0 bridgehead atoms. The van der Waals surface area contributed by atoms with Crippen molar-refractivity contribution in [1.82, 2.24) is 9.78 Å². The standard InChI is InChI=1S/C11H11N2.Ir/c1-2-10-8-9-13(12-10)11-6-4-3-5-7-11;/h3-6,8-9H,2H2,1H3;/q-1;. The van der Waals surface area contributed by atoms with E-state index < -0.39 is 0 Å². The van der Waals surface area contributed by atoms with E-state index in [1.165, 1.54) is 0 Å². The summed E-state index contributed by atoms with van der Waals surface area (Å²) in [5, 5.41) is 4.38. The summed E-state index contributed by atoms with van der Waals surface area (Å²) < 4.78 is 1.85. The summed E-state index contributed by atoms with van der Waals surface area (Å²) in [6.07, 6.45) is 2.94. The molecular formula is C11H11IrN2-. The number of aromatic nitrogens is 2. The maximum Gasteiger partial charge on any atom is 0.0625 e.